The molecule has 1 rings (SSSR count). The number of hydrogen-bond donors (Lipinski definition) is 7. The van der Waals surface area contributed by atoms with Crippen LogP contribution in [0.5, 0.6) is 0 Å². The second-order valence-corrected chi connectivity index (χ2v) is 5.43. The third-order valence-electron chi connectivity index (χ3n) is 3.25. The van der Waals surface area contributed by atoms with Crippen molar-refractivity contribution in [2.24, 2.45) is 5.73 Å². The average Bonchev–Trinajstić information content (AvgIpc) is 3.01. The summed E-state index contributed by atoms with van der Waals surface area (Å²) in [6.07, 6.45) is -1.87. The molecule has 0 saturated carbocycles. The predicted octanol–water partition coefficient (Wildman–Crippen LogP) is -1.90. The maximum absolute atomic E-state index is 11.9. The third-order valence-corrected chi connectivity index (χ3v) is 3.25. The van der Waals surface area contributed by atoms with E-state index in [0.29, 0.717) is 0 Å². The van der Waals surface area contributed by atoms with Crippen molar-refractivity contribution in [1.29, 1.82) is 0 Å². The summed E-state index contributed by atoms with van der Waals surface area (Å²) in [5.74, 6) is -3.01. The van der Waals surface area contributed by atoms with Gasteiger partial charge in [-0.15, -0.1) is 0 Å². The number of carboxylic acids is 2. The van der Waals surface area contributed by atoms with Crippen LogP contribution in [0.25, 0.3) is 0 Å². The van der Waals surface area contributed by atoms with Crippen molar-refractivity contribution in [2.45, 2.75) is 44.0 Å². The summed E-state index contributed by atoms with van der Waals surface area (Å²) in [5, 5.41) is 43.9. The topological polar surface area (TPSA) is 221 Å². The second kappa shape index (κ2) is 9.65. The number of nitrogens with zero attached hydrogens (tertiary/aromatic N) is 2. The Kier molecular flexibility index (Phi) is 7.89. The Labute approximate surface area is 147 Å². The van der Waals surface area contributed by atoms with Crippen LogP contribution in [-0.2, 0) is 9.59 Å². The van der Waals surface area contributed by atoms with Crippen molar-refractivity contribution in [3.8, 4) is 0 Å². The Balaban J connectivity index is 2.89. The fourth-order valence-electron chi connectivity index (χ4n) is 1.91. The SMILES string of the molecule is CC(O)[C@H](NC(=O)N[C@@H](CC(=O)O)c1nc([C@@H](N)CCO)no1)C(=O)O. The number of nitrogens with one attached hydrogen (secondary N) is 2. The van der Waals surface area contributed by atoms with E-state index in [2.05, 4.69) is 15.5 Å². The number of aliphatic hydroxyl groups is 2. The lowest BCUT2D eigenvalue weighted by Gasteiger charge is -2.19. The number of aliphatic hydroxyl groups excluding tert-OH is 2. The lowest BCUT2D eigenvalue weighted by Crippen LogP contribution is -2.51. The fourth-order valence-corrected chi connectivity index (χ4v) is 1.91. The molecule has 0 fully saturated rings. The van der Waals surface area contributed by atoms with Crippen molar-refractivity contribution in [3.63, 3.8) is 0 Å². The first kappa shape index (κ1) is 21.3. The Morgan fingerprint density at radius 1 is 1.27 bits per heavy atom. The van der Waals surface area contributed by atoms with Gasteiger partial charge in [-0.2, -0.15) is 4.98 Å². The van der Waals surface area contributed by atoms with Gasteiger partial charge < -0.3 is 41.3 Å². The zero-order valence-electron chi connectivity index (χ0n) is 13.8. The minimum absolute atomic E-state index is 0.0130. The Bertz CT molecular complexity index is 634. The number of carbonyl (C=O) groups is 3. The summed E-state index contributed by atoms with van der Waals surface area (Å²) in [5.41, 5.74) is 5.70. The van der Waals surface area contributed by atoms with E-state index in [1.165, 1.54) is 6.92 Å². The molecule has 4 atom stereocenters. The fraction of sp³-hybridized carbons (Fsp3) is 0.615. The van der Waals surface area contributed by atoms with E-state index in [4.69, 9.17) is 25.6 Å². The van der Waals surface area contributed by atoms with Gasteiger partial charge in [0.25, 0.3) is 0 Å². The molecule has 1 aromatic rings. The minimum Gasteiger partial charge on any atom is -0.481 e. The van der Waals surface area contributed by atoms with Gasteiger partial charge in [0.2, 0.25) is 5.89 Å². The van der Waals surface area contributed by atoms with Crippen molar-refractivity contribution in [1.82, 2.24) is 20.8 Å². The van der Waals surface area contributed by atoms with Crippen LogP contribution in [0.3, 0.4) is 0 Å². The number of amides is 2. The Hall–Kier alpha value is -2.77. The van der Waals surface area contributed by atoms with E-state index < -0.39 is 48.6 Å². The van der Waals surface area contributed by atoms with Crippen LogP contribution in [0.15, 0.2) is 4.52 Å². The molecular formula is C13H21N5O8. The van der Waals surface area contributed by atoms with Crippen molar-refractivity contribution < 1.29 is 39.3 Å². The zero-order valence-corrected chi connectivity index (χ0v) is 13.8. The van der Waals surface area contributed by atoms with Crippen molar-refractivity contribution in [3.05, 3.63) is 11.7 Å². The molecule has 13 heteroatoms. The highest BCUT2D eigenvalue weighted by atomic mass is 16.5. The number of nitrogens with two attached hydrogens (primary N) is 1. The number of rotatable bonds is 10. The number of aliphatic carboxylic acids is 2. The Morgan fingerprint density at radius 2 is 1.92 bits per heavy atom. The molecular weight excluding hydrogens is 354 g/mol. The van der Waals surface area contributed by atoms with Crippen LogP contribution in [0, 0.1) is 0 Å². The molecule has 0 aromatic carbocycles. The van der Waals surface area contributed by atoms with E-state index >= 15 is 0 Å². The lowest BCUT2D eigenvalue weighted by atomic mass is 10.2. The highest BCUT2D eigenvalue weighted by Crippen LogP contribution is 2.18. The molecule has 0 saturated heterocycles. The maximum Gasteiger partial charge on any atom is 0.328 e. The summed E-state index contributed by atoms with van der Waals surface area (Å²) >= 11 is 0. The molecule has 26 heavy (non-hydrogen) atoms. The molecule has 1 heterocycles. The third kappa shape index (κ3) is 6.27. The predicted molar refractivity (Wildman–Crippen MR) is 82.7 cm³/mol. The summed E-state index contributed by atoms with van der Waals surface area (Å²) in [6, 6.07) is -4.66. The van der Waals surface area contributed by atoms with Crippen LogP contribution in [0.4, 0.5) is 4.79 Å². The zero-order chi connectivity index (χ0) is 19.9. The van der Waals surface area contributed by atoms with Gasteiger partial charge in [-0.1, -0.05) is 5.16 Å². The molecule has 0 aliphatic rings. The molecule has 13 nitrogen and oxygen atoms in total. The van der Waals surface area contributed by atoms with Crippen molar-refractivity contribution in [2.75, 3.05) is 6.61 Å². The molecule has 1 aromatic heterocycles. The van der Waals surface area contributed by atoms with Gasteiger partial charge in [0.1, 0.15) is 6.04 Å². The normalized spacial score (nSPS) is 15.5. The highest BCUT2D eigenvalue weighted by molar-refractivity contribution is 5.83. The molecule has 146 valence electrons. The van der Waals surface area contributed by atoms with Gasteiger partial charge in [-0.05, 0) is 13.3 Å². The second-order valence-electron chi connectivity index (χ2n) is 5.43. The lowest BCUT2D eigenvalue weighted by molar-refractivity contribution is -0.142. The molecule has 0 bridgehead atoms. The van der Waals surface area contributed by atoms with Crippen molar-refractivity contribution >= 4 is 18.0 Å². The van der Waals surface area contributed by atoms with Gasteiger partial charge in [-0.3, -0.25) is 4.79 Å². The van der Waals surface area contributed by atoms with Crippen LogP contribution in [0.1, 0.15) is 43.6 Å². The monoisotopic (exact) mass is 375 g/mol. The van der Waals surface area contributed by atoms with Gasteiger partial charge in [-0.25, -0.2) is 9.59 Å². The summed E-state index contributed by atoms with van der Waals surface area (Å²) in [7, 11) is 0. The standard InChI is InChI=1S/C13H21N5O8/c1-5(20)9(12(23)24)16-13(25)15-7(4-8(21)22)11-17-10(18-26-11)6(14)2-3-19/h5-7,9,19-20H,2-4,14H2,1H3,(H,21,22)(H,23,24)(H2,15,16,25)/t5?,6-,7-,9-/m0/s1. The van der Waals surface area contributed by atoms with Gasteiger partial charge in [0.15, 0.2) is 11.9 Å². The van der Waals surface area contributed by atoms with Crippen LogP contribution in [-0.4, -0.2) is 67.3 Å². The van der Waals surface area contributed by atoms with E-state index in [0.717, 1.165) is 0 Å². The minimum atomic E-state index is -1.60. The molecule has 0 spiro atoms. The number of urea groups is 1. The van der Waals surface area contributed by atoms with Gasteiger partial charge in [0, 0.05) is 6.61 Å². The van der Waals surface area contributed by atoms with E-state index in [-0.39, 0.29) is 24.7 Å². The first-order valence-corrected chi connectivity index (χ1v) is 7.55. The van der Waals surface area contributed by atoms with E-state index in [1.54, 1.807) is 0 Å². The molecule has 1 unspecified atom stereocenters. The quantitative estimate of drug-likeness (QED) is 0.239. The summed E-state index contributed by atoms with van der Waals surface area (Å²) in [4.78, 5) is 37.8. The Morgan fingerprint density at radius 3 is 2.42 bits per heavy atom. The number of hydrogen-bond acceptors (Lipinski definition) is 9. The van der Waals surface area contributed by atoms with Crippen LogP contribution < -0.4 is 16.4 Å². The smallest absolute Gasteiger partial charge is 0.328 e. The first-order chi connectivity index (χ1) is 12.1. The summed E-state index contributed by atoms with van der Waals surface area (Å²) < 4.78 is 4.90. The first-order valence-electron chi connectivity index (χ1n) is 7.55. The van der Waals surface area contributed by atoms with Gasteiger partial charge in [0.05, 0.1) is 18.6 Å². The van der Waals surface area contributed by atoms with Gasteiger partial charge >= 0.3 is 18.0 Å². The highest BCUT2D eigenvalue weighted by Gasteiger charge is 2.29. The van der Waals surface area contributed by atoms with Crippen LogP contribution >= 0.6 is 0 Å². The average molecular weight is 375 g/mol. The molecule has 0 radical (unpaired) electrons. The summed E-state index contributed by atoms with van der Waals surface area (Å²) in [6.45, 7) is 0.945. The largest absolute Gasteiger partial charge is 0.481 e. The maximum atomic E-state index is 11.9. The number of carbonyl (C=O) groups excluding carboxylic acids is 1. The number of carboxylic acid groups (broad SMARTS) is 2. The van der Waals surface area contributed by atoms with Crippen LogP contribution in [0.2, 0.25) is 0 Å². The van der Waals surface area contributed by atoms with E-state index in [9.17, 15) is 19.5 Å². The molecule has 0 aliphatic carbocycles. The molecule has 2 amide bonds. The molecule has 8 N–H and O–H groups in total. The van der Waals surface area contributed by atoms with E-state index in [1.807, 2.05) is 5.32 Å². The number of aromatic nitrogens is 2. The molecule has 0 aliphatic heterocycles.